The zero-order chi connectivity index (χ0) is 22.1. The molecule has 7 heteroatoms. The molecule has 1 amide bonds. The van der Waals surface area contributed by atoms with E-state index >= 15 is 0 Å². The molecule has 0 spiro atoms. The summed E-state index contributed by atoms with van der Waals surface area (Å²) in [5.41, 5.74) is 2.74. The number of hydrogen-bond donors (Lipinski definition) is 0. The monoisotopic (exact) mass is 431 g/mol. The summed E-state index contributed by atoms with van der Waals surface area (Å²) in [5.74, 6) is 0.774. The molecule has 0 saturated heterocycles. The number of halogens is 1. The molecule has 0 aliphatic carbocycles. The van der Waals surface area contributed by atoms with E-state index in [0.29, 0.717) is 29.2 Å². The number of anilines is 1. The van der Waals surface area contributed by atoms with Gasteiger partial charge in [-0.3, -0.25) is 4.79 Å². The molecule has 0 aromatic heterocycles. The molecule has 5 rings (SSSR count). The summed E-state index contributed by atoms with van der Waals surface area (Å²) >= 11 is 0. The first-order valence-corrected chi connectivity index (χ1v) is 10.4. The fourth-order valence-corrected chi connectivity index (χ4v) is 4.03. The summed E-state index contributed by atoms with van der Waals surface area (Å²) in [4.78, 5) is 15.2. The minimum absolute atomic E-state index is 0.138. The van der Waals surface area contributed by atoms with Crippen LogP contribution in [0, 0.1) is 5.82 Å². The standard InChI is InChI=1S/C25H22FN3O3/c1-28(18-7-3-2-4-8-18)15-25(30)29-22(17-11-12-23-24(13-17)32-16-31-23)14-21(27-29)19-9-5-6-10-20(19)26/h2-13,22H,14-16H2,1H3. The summed E-state index contributed by atoms with van der Waals surface area (Å²) in [6.07, 6.45) is 0.404. The number of amides is 1. The van der Waals surface area contributed by atoms with Crippen LogP contribution in [0.2, 0.25) is 0 Å². The van der Waals surface area contributed by atoms with Crippen LogP contribution in [0.1, 0.15) is 23.6 Å². The minimum atomic E-state index is -0.365. The number of ether oxygens (including phenoxy) is 2. The van der Waals surface area contributed by atoms with E-state index in [1.54, 1.807) is 18.2 Å². The number of carbonyl (C=O) groups is 1. The van der Waals surface area contributed by atoms with Crippen LogP contribution in [0.15, 0.2) is 77.9 Å². The molecular weight excluding hydrogens is 409 g/mol. The highest BCUT2D eigenvalue weighted by atomic mass is 19.1. The van der Waals surface area contributed by atoms with Crippen LogP contribution >= 0.6 is 0 Å². The molecule has 1 unspecified atom stereocenters. The van der Waals surface area contributed by atoms with Gasteiger partial charge in [-0.25, -0.2) is 9.40 Å². The first kappa shape index (κ1) is 20.1. The molecular formula is C25H22FN3O3. The highest BCUT2D eigenvalue weighted by Crippen LogP contribution is 2.39. The summed E-state index contributed by atoms with van der Waals surface area (Å²) in [6.45, 7) is 0.310. The topological polar surface area (TPSA) is 54.4 Å². The molecule has 0 fully saturated rings. The van der Waals surface area contributed by atoms with E-state index in [0.717, 1.165) is 11.3 Å². The van der Waals surface area contributed by atoms with Crippen molar-refractivity contribution in [3.05, 3.63) is 89.7 Å². The third kappa shape index (κ3) is 3.77. The van der Waals surface area contributed by atoms with E-state index in [1.807, 2.05) is 60.5 Å². The summed E-state index contributed by atoms with van der Waals surface area (Å²) in [7, 11) is 1.86. The van der Waals surface area contributed by atoms with Gasteiger partial charge < -0.3 is 14.4 Å². The van der Waals surface area contributed by atoms with Crippen molar-refractivity contribution >= 4 is 17.3 Å². The number of likely N-dealkylation sites (N-methyl/N-ethyl adjacent to an activating group) is 1. The number of hydrazone groups is 1. The van der Waals surface area contributed by atoms with Crippen LogP contribution in [0.3, 0.4) is 0 Å². The zero-order valence-electron chi connectivity index (χ0n) is 17.6. The summed E-state index contributed by atoms with van der Waals surface area (Å²) in [5, 5.41) is 6.05. The SMILES string of the molecule is CN(CC(=O)N1N=C(c2ccccc2F)CC1c1ccc2c(c1)OCO2)c1ccccc1. The number of benzene rings is 3. The highest BCUT2D eigenvalue weighted by Gasteiger charge is 2.35. The number of fused-ring (bicyclic) bond motifs is 1. The maximum atomic E-state index is 14.5. The Hall–Kier alpha value is -3.87. The Morgan fingerprint density at radius 2 is 1.81 bits per heavy atom. The van der Waals surface area contributed by atoms with Crippen molar-refractivity contribution in [1.29, 1.82) is 0 Å². The number of nitrogens with zero attached hydrogens (tertiary/aromatic N) is 3. The number of hydrogen-bond acceptors (Lipinski definition) is 5. The predicted molar refractivity (Wildman–Crippen MR) is 119 cm³/mol. The molecule has 0 saturated carbocycles. The molecule has 2 aliphatic rings. The van der Waals surface area contributed by atoms with Crippen molar-refractivity contribution in [2.45, 2.75) is 12.5 Å². The lowest BCUT2D eigenvalue weighted by Gasteiger charge is -2.26. The minimum Gasteiger partial charge on any atom is -0.454 e. The van der Waals surface area contributed by atoms with Crippen LogP contribution < -0.4 is 14.4 Å². The Morgan fingerprint density at radius 1 is 1.06 bits per heavy atom. The van der Waals surface area contributed by atoms with Crippen LogP contribution in [-0.4, -0.2) is 37.0 Å². The van der Waals surface area contributed by atoms with Gasteiger partial charge in [-0.2, -0.15) is 5.10 Å². The fourth-order valence-electron chi connectivity index (χ4n) is 4.03. The average molecular weight is 431 g/mol. The average Bonchev–Trinajstić information content (AvgIpc) is 3.47. The second-order valence-corrected chi connectivity index (χ2v) is 7.79. The number of para-hydroxylation sites is 1. The Morgan fingerprint density at radius 3 is 2.62 bits per heavy atom. The van der Waals surface area contributed by atoms with E-state index in [-0.39, 0.29) is 31.1 Å². The molecule has 32 heavy (non-hydrogen) atoms. The second-order valence-electron chi connectivity index (χ2n) is 7.79. The summed E-state index contributed by atoms with van der Waals surface area (Å²) in [6, 6.07) is 21.4. The Labute approximate surface area is 185 Å². The van der Waals surface area contributed by atoms with Crippen LogP contribution in [0.5, 0.6) is 11.5 Å². The van der Waals surface area contributed by atoms with E-state index in [1.165, 1.54) is 11.1 Å². The third-order valence-electron chi connectivity index (χ3n) is 5.70. The lowest BCUT2D eigenvalue weighted by atomic mass is 9.97. The van der Waals surface area contributed by atoms with Gasteiger partial charge >= 0.3 is 0 Å². The maximum Gasteiger partial charge on any atom is 0.262 e. The van der Waals surface area contributed by atoms with Gasteiger partial charge in [0.05, 0.1) is 18.3 Å². The normalized spacial score (nSPS) is 16.8. The second kappa shape index (κ2) is 8.34. The van der Waals surface area contributed by atoms with Crippen molar-refractivity contribution < 1.29 is 18.7 Å². The van der Waals surface area contributed by atoms with Crippen molar-refractivity contribution in [3.63, 3.8) is 0 Å². The Kier molecular flexibility index (Phi) is 5.23. The van der Waals surface area contributed by atoms with E-state index in [9.17, 15) is 9.18 Å². The molecule has 3 aromatic carbocycles. The van der Waals surface area contributed by atoms with Gasteiger partial charge in [0.25, 0.3) is 5.91 Å². The smallest absolute Gasteiger partial charge is 0.262 e. The predicted octanol–water partition coefficient (Wildman–Crippen LogP) is 4.37. The molecule has 2 aliphatic heterocycles. The largest absolute Gasteiger partial charge is 0.454 e. The third-order valence-corrected chi connectivity index (χ3v) is 5.70. The first-order valence-electron chi connectivity index (χ1n) is 10.4. The molecule has 2 heterocycles. The first-order chi connectivity index (χ1) is 15.6. The molecule has 162 valence electrons. The molecule has 0 bridgehead atoms. The van der Waals surface area contributed by atoms with Crippen molar-refractivity contribution in [1.82, 2.24) is 5.01 Å². The molecule has 3 aromatic rings. The quantitative estimate of drug-likeness (QED) is 0.602. The van der Waals surface area contributed by atoms with Crippen LogP contribution in [0.4, 0.5) is 10.1 Å². The molecule has 1 atom stereocenters. The van der Waals surface area contributed by atoms with Gasteiger partial charge in [0, 0.05) is 24.7 Å². The van der Waals surface area contributed by atoms with Crippen molar-refractivity contribution in [2.75, 3.05) is 25.3 Å². The van der Waals surface area contributed by atoms with E-state index < -0.39 is 0 Å². The lowest BCUT2D eigenvalue weighted by Crippen LogP contribution is -2.36. The van der Waals surface area contributed by atoms with Gasteiger partial charge in [0.1, 0.15) is 5.82 Å². The highest BCUT2D eigenvalue weighted by molar-refractivity contribution is 6.03. The lowest BCUT2D eigenvalue weighted by molar-refractivity contribution is -0.131. The molecule has 6 nitrogen and oxygen atoms in total. The van der Waals surface area contributed by atoms with Gasteiger partial charge in [0.15, 0.2) is 11.5 Å². The van der Waals surface area contributed by atoms with Crippen LogP contribution in [-0.2, 0) is 4.79 Å². The van der Waals surface area contributed by atoms with E-state index in [4.69, 9.17) is 9.47 Å². The maximum absolute atomic E-state index is 14.5. The number of carbonyl (C=O) groups excluding carboxylic acids is 1. The van der Waals surface area contributed by atoms with Gasteiger partial charge in [-0.05, 0) is 35.9 Å². The fraction of sp³-hybridized carbons (Fsp3) is 0.200. The zero-order valence-corrected chi connectivity index (χ0v) is 17.6. The van der Waals surface area contributed by atoms with Gasteiger partial charge in [-0.1, -0.05) is 42.5 Å². The van der Waals surface area contributed by atoms with Crippen molar-refractivity contribution in [3.8, 4) is 11.5 Å². The van der Waals surface area contributed by atoms with Gasteiger partial charge in [-0.15, -0.1) is 0 Å². The van der Waals surface area contributed by atoms with E-state index in [2.05, 4.69) is 5.10 Å². The summed E-state index contributed by atoms with van der Waals surface area (Å²) < 4.78 is 25.4. The Balaban J connectivity index is 1.46. The van der Waals surface area contributed by atoms with Crippen molar-refractivity contribution in [2.24, 2.45) is 5.10 Å². The number of rotatable bonds is 5. The van der Waals surface area contributed by atoms with Gasteiger partial charge in [0.2, 0.25) is 6.79 Å². The Bertz CT molecular complexity index is 1180. The molecule has 0 N–H and O–H groups in total. The van der Waals surface area contributed by atoms with Crippen LogP contribution in [0.25, 0.3) is 0 Å². The molecule has 0 radical (unpaired) electrons.